The molecule has 2 rings (SSSR count). The molecule has 0 bridgehead atoms. The normalized spacial score (nSPS) is 15.1. The molecule has 1 aliphatic rings. The lowest BCUT2D eigenvalue weighted by molar-refractivity contribution is -0.121. The summed E-state index contributed by atoms with van der Waals surface area (Å²) in [6, 6.07) is 6.58. The van der Waals surface area contributed by atoms with Gasteiger partial charge < -0.3 is 15.0 Å². The molecule has 22 heavy (non-hydrogen) atoms. The fourth-order valence-corrected chi connectivity index (χ4v) is 3.37. The third-order valence-corrected chi connectivity index (χ3v) is 4.45. The van der Waals surface area contributed by atoms with Crippen molar-refractivity contribution in [3.63, 3.8) is 0 Å². The van der Waals surface area contributed by atoms with E-state index in [0.717, 1.165) is 0 Å². The van der Waals surface area contributed by atoms with Crippen LogP contribution in [-0.2, 0) is 19.6 Å². The monoisotopic (exact) mass is 325 g/mol. The van der Waals surface area contributed by atoms with E-state index in [1.165, 1.54) is 11.0 Å². The minimum atomic E-state index is -3.67. The Morgan fingerprint density at radius 2 is 2.09 bits per heavy atom. The van der Waals surface area contributed by atoms with E-state index in [-0.39, 0.29) is 23.2 Å². The fraction of sp³-hybridized carbons (Fsp3) is 0.429. The second-order valence-electron chi connectivity index (χ2n) is 4.79. The average molecular weight is 325 g/mol. The summed E-state index contributed by atoms with van der Waals surface area (Å²) < 4.78 is 32.8. The molecule has 0 radical (unpaired) electrons. The summed E-state index contributed by atoms with van der Waals surface area (Å²) in [6.07, 6.45) is 0. The van der Waals surface area contributed by atoms with E-state index in [4.69, 9.17) is 4.74 Å². The number of hydrogen-bond donors (Lipinski definition) is 1. The Labute approximate surface area is 130 Å². The molecule has 1 N–H and O–H groups in total. The van der Waals surface area contributed by atoms with Crippen molar-refractivity contribution >= 4 is 21.8 Å². The highest BCUT2D eigenvalue weighted by molar-refractivity contribution is 7.90. The molecule has 0 fully saturated rings. The number of carbonyl (C=O) groups excluding carboxylic acids is 1. The van der Waals surface area contributed by atoms with Crippen molar-refractivity contribution in [2.45, 2.75) is 11.8 Å². The number of ether oxygens (including phenoxy) is 1. The summed E-state index contributed by atoms with van der Waals surface area (Å²) in [4.78, 5) is 13.5. The van der Waals surface area contributed by atoms with Crippen LogP contribution in [0.15, 0.2) is 33.6 Å². The quantitative estimate of drug-likeness (QED) is 0.756. The van der Waals surface area contributed by atoms with Crippen molar-refractivity contribution in [1.29, 1.82) is 0 Å². The van der Waals surface area contributed by atoms with Gasteiger partial charge in [-0.3, -0.25) is 4.79 Å². The van der Waals surface area contributed by atoms with Crippen molar-refractivity contribution in [2.24, 2.45) is 4.40 Å². The van der Waals surface area contributed by atoms with Gasteiger partial charge in [0.15, 0.2) is 5.84 Å². The van der Waals surface area contributed by atoms with E-state index in [1.54, 1.807) is 25.2 Å². The summed E-state index contributed by atoms with van der Waals surface area (Å²) in [5.41, 5.74) is 0.520. The highest BCUT2D eigenvalue weighted by atomic mass is 32.2. The Balaban J connectivity index is 2.02. The second-order valence-corrected chi connectivity index (χ2v) is 6.36. The Kier molecular flexibility index (Phi) is 5.15. The van der Waals surface area contributed by atoms with Crippen LogP contribution in [0.25, 0.3) is 0 Å². The molecule has 0 unspecified atom stereocenters. The van der Waals surface area contributed by atoms with E-state index < -0.39 is 10.0 Å². The number of fused-ring (bicyclic) bond motifs is 1. The van der Waals surface area contributed by atoms with Gasteiger partial charge in [-0.15, -0.1) is 4.40 Å². The number of benzene rings is 1. The van der Waals surface area contributed by atoms with Gasteiger partial charge in [-0.25, -0.2) is 0 Å². The summed E-state index contributed by atoms with van der Waals surface area (Å²) in [7, 11) is -2.03. The Hall–Kier alpha value is -1.93. The zero-order valence-electron chi connectivity index (χ0n) is 12.6. The van der Waals surface area contributed by atoms with Crippen LogP contribution in [0.3, 0.4) is 0 Å². The smallest absolute Gasteiger partial charge is 0.285 e. The maximum atomic E-state index is 12.0. The predicted octanol–water partition coefficient (Wildman–Crippen LogP) is 0.220. The number of amidine groups is 1. The molecule has 1 aromatic carbocycles. The zero-order chi connectivity index (χ0) is 16.2. The number of carbonyl (C=O) groups is 1. The average Bonchev–Trinajstić information content (AvgIpc) is 2.76. The summed E-state index contributed by atoms with van der Waals surface area (Å²) in [5.74, 6) is 0.0715. The number of nitrogens with one attached hydrogen (secondary N) is 1. The van der Waals surface area contributed by atoms with Crippen molar-refractivity contribution in [3.8, 4) is 0 Å². The Morgan fingerprint density at radius 1 is 1.36 bits per heavy atom. The molecule has 0 aromatic heterocycles. The number of hydrogen-bond acceptors (Lipinski definition) is 5. The largest absolute Gasteiger partial charge is 0.380 e. The molecular weight excluding hydrogens is 306 g/mol. The standard InChI is InChI=1S/C14H19N3O4S/c1-3-21-9-8-15-13(18)10-17(2)14-11-6-4-5-7-12(11)22(19,20)16-14/h4-7H,3,8-10H2,1-2H3,(H,15,18). The molecule has 0 atom stereocenters. The molecule has 120 valence electrons. The predicted molar refractivity (Wildman–Crippen MR) is 82.3 cm³/mol. The van der Waals surface area contributed by atoms with Gasteiger partial charge in [0.05, 0.1) is 13.2 Å². The number of amides is 1. The lowest BCUT2D eigenvalue weighted by Crippen LogP contribution is -2.39. The Bertz CT molecular complexity index is 685. The van der Waals surface area contributed by atoms with Crippen LogP contribution in [0.5, 0.6) is 0 Å². The minimum Gasteiger partial charge on any atom is -0.380 e. The summed E-state index contributed by atoms with van der Waals surface area (Å²) in [5, 5.41) is 2.71. The lowest BCUT2D eigenvalue weighted by atomic mass is 10.2. The second kappa shape index (κ2) is 6.89. The minimum absolute atomic E-state index is 0.0226. The van der Waals surface area contributed by atoms with E-state index in [9.17, 15) is 13.2 Å². The van der Waals surface area contributed by atoms with Crippen molar-refractivity contribution < 1.29 is 17.9 Å². The zero-order valence-corrected chi connectivity index (χ0v) is 13.4. The highest BCUT2D eigenvalue weighted by Crippen LogP contribution is 2.26. The summed E-state index contributed by atoms with van der Waals surface area (Å²) in [6.45, 7) is 3.37. The number of rotatable bonds is 6. The van der Waals surface area contributed by atoms with Crippen LogP contribution in [-0.4, -0.2) is 58.4 Å². The third kappa shape index (κ3) is 3.63. The van der Waals surface area contributed by atoms with Gasteiger partial charge in [-0.2, -0.15) is 8.42 Å². The maximum Gasteiger partial charge on any atom is 0.285 e. The fourth-order valence-electron chi connectivity index (χ4n) is 2.12. The van der Waals surface area contributed by atoms with Crippen molar-refractivity contribution in [3.05, 3.63) is 29.8 Å². The van der Waals surface area contributed by atoms with Gasteiger partial charge >= 0.3 is 0 Å². The molecule has 8 heteroatoms. The maximum absolute atomic E-state index is 12.0. The molecule has 0 aliphatic carbocycles. The van der Waals surface area contributed by atoms with Gasteiger partial charge in [0, 0.05) is 25.8 Å². The van der Waals surface area contributed by atoms with E-state index in [1.807, 2.05) is 6.92 Å². The van der Waals surface area contributed by atoms with Crippen LogP contribution in [0.1, 0.15) is 12.5 Å². The first kappa shape index (κ1) is 16.4. The molecular formula is C14H19N3O4S. The van der Waals surface area contributed by atoms with Gasteiger partial charge in [-0.1, -0.05) is 12.1 Å². The molecule has 0 saturated heterocycles. The van der Waals surface area contributed by atoms with E-state index >= 15 is 0 Å². The van der Waals surface area contributed by atoms with Gasteiger partial charge in [-0.05, 0) is 19.1 Å². The van der Waals surface area contributed by atoms with Crippen LogP contribution in [0, 0.1) is 0 Å². The van der Waals surface area contributed by atoms with Gasteiger partial charge in [0.25, 0.3) is 10.0 Å². The van der Waals surface area contributed by atoms with E-state index in [0.29, 0.717) is 25.3 Å². The number of likely N-dealkylation sites (N-methyl/N-ethyl adjacent to an activating group) is 1. The lowest BCUT2D eigenvalue weighted by Gasteiger charge is -2.18. The van der Waals surface area contributed by atoms with Gasteiger partial charge in [0.2, 0.25) is 5.91 Å². The molecule has 1 heterocycles. The SMILES string of the molecule is CCOCCNC(=O)CN(C)C1=NS(=O)(=O)c2ccccc21. The van der Waals surface area contributed by atoms with Crippen molar-refractivity contribution in [1.82, 2.24) is 10.2 Å². The first-order chi connectivity index (χ1) is 10.5. The van der Waals surface area contributed by atoms with Crippen LogP contribution in [0.2, 0.25) is 0 Å². The van der Waals surface area contributed by atoms with Crippen molar-refractivity contribution in [2.75, 3.05) is 33.4 Å². The molecule has 1 aliphatic heterocycles. The topological polar surface area (TPSA) is 88.1 Å². The number of nitrogens with zero attached hydrogens (tertiary/aromatic N) is 2. The number of sulfonamides is 1. The van der Waals surface area contributed by atoms with Crippen LogP contribution >= 0.6 is 0 Å². The first-order valence-electron chi connectivity index (χ1n) is 6.95. The van der Waals surface area contributed by atoms with Crippen LogP contribution < -0.4 is 5.32 Å². The molecule has 0 saturated carbocycles. The molecule has 7 nitrogen and oxygen atoms in total. The first-order valence-corrected chi connectivity index (χ1v) is 8.39. The highest BCUT2D eigenvalue weighted by Gasteiger charge is 2.30. The van der Waals surface area contributed by atoms with Crippen LogP contribution in [0.4, 0.5) is 0 Å². The molecule has 0 spiro atoms. The third-order valence-electron chi connectivity index (χ3n) is 3.13. The Morgan fingerprint density at radius 3 is 2.82 bits per heavy atom. The molecule has 1 aromatic rings. The van der Waals surface area contributed by atoms with E-state index in [2.05, 4.69) is 9.71 Å². The molecule has 1 amide bonds. The summed E-state index contributed by atoms with van der Waals surface area (Å²) >= 11 is 0. The van der Waals surface area contributed by atoms with Gasteiger partial charge in [0.1, 0.15) is 4.90 Å².